The lowest BCUT2D eigenvalue weighted by Gasteiger charge is -2.17. The van der Waals surface area contributed by atoms with Gasteiger partial charge < -0.3 is 4.74 Å². The number of aromatic nitrogens is 2. The molecule has 1 aromatic rings. The molecule has 0 N–H and O–H groups in total. The Morgan fingerprint density at radius 1 is 1.40 bits per heavy atom. The van der Waals surface area contributed by atoms with Gasteiger partial charge in [0.25, 0.3) is 0 Å². The molecule has 0 unspecified atom stereocenters. The number of hydrogen-bond acceptors (Lipinski definition) is 3. The van der Waals surface area contributed by atoms with Crippen LogP contribution < -0.4 is 0 Å². The molecule has 1 aliphatic heterocycles. The van der Waals surface area contributed by atoms with E-state index in [1.807, 2.05) is 0 Å². The minimum Gasteiger partial charge on any atom is -0.376 e. The highest BCUT2D eigenvalue weighted by molar-refractivity contribution is 6.30. The zero-order valence-electron chi connectivity index (χ0n) is 8.92. The number of hydrogen-bond donors (Lipinski definition) is 0. The molecular formula is C11H15ClN2O. The van der Waals surface area contributed by atoms with E-state index < -0.39 is 0 Å². The van der Waals surface area contributed by atoms with Gasteiger partial charge in [-0.3, -0.25) is 0 Å². The maximum atomic E-state index is 6.10. The van der Waals surface area contributed by atoms with Gasteiger partial charge in [0.15, 0.2) is 0 Å². The van der Waals surface area contributed by atoms with Gasteiger partial charge in [-0.1, -0.05) is 24.9 Å². The Hall–Kier alpha value is -0.670. The van der Waals surface area contributed by atoms with Gasteiger partial charge in [-0.05, 0) is 6.42 Å². The molecule has 0 amide bonds. The van der Waals surface area contributed by atoms with Crippen molar-refractivity contribution in [3.05, 3.63) is 22.2 Å². The Bertz CT molecular complexity index is 355. The number of aryl methyl sites for hydroxylation is 1. The minimum atomic E-state index is 0.558. The van der Waals surface area contributed by atoms with Gasteiger partial charge in [0.05, 0.1) is 18.9 Å². The zero-order valence-corrected chi connectivity index (χ0v) is 9.68. The van der Waals surface area contributed by atoms with E-state index in [1.54, 1.807) is 0 Å². The van der Waals surface area contributed by atoms with Crippen LogP contribution in [0.15, 0.2) is 0 Å². The fourth-order valence-corrected chi connectivity index (χ4v) is 1.95. The molecule has 0 fully saturated rings. The van der Waals surface area contributed by atoms with Gasteiger partial charge in [0, 0.05) is 18.4 Å². The summed E-state index contributed by atoms with van der Waals surface area (Å²) in [5, 5.41) is 0.575. The molecule has 3 nitrogen and oxygen atoms in total. The number of unbranched alkanes of at least 4 members (excludes halogenated alkanes) is 1. The Morgan fingerprint density at radius 2 is 2.27 bits per heavy atom. The molecule has 0 bridgehead atoms. The molecule has 4 heteroatoms. The van der Waals surface area contributed by atoms with Crippen molar-refractivity contribution in [1.82, 2.24) is 9.97 Å². The average Bonchev–Trinajstić information content (AvgIpc) is 2.26. The molecule has 0 saturated carbocycles. The van der Waals surface area contributed by atoms with Gasteiger partial charge in [-0.25, -0.2) is 9.97 Å². The fourth-order valence-electron chi connectivity index (χ4n) is 1.69. The van der Waals surface area contributed by atoms with Gasteiger partial charge >= 0.3 is 0 Å². The highest BCUT2D eigenvalue weighted by Crippen LogP contribution is 2.22. The van der Waals surface area contributed by atoms with E-state index in [4.69, 9.17) is 16.3 Å². The summed E-state index contributed by atoms with van der Waals surface area (Å²) in [4.78, 5) is 8.83. The molecule has 0 aromatic carbocycles. The predicted molar refractivity (Wildman–Crippen MR) is 59.0 cm³/mol. The molecule has 2 rings (SSSR count). The first kappa shape index (κ1) is 10.8. The van der Waals surface area contributed by atoms with Crippen LogP contribution in [0.3, 0.4) is 0 Å². The molecule has 0 saturated heterocycles. The van der Waals surface area contributed by atoms with Crippen LogP contribution >= 0.6 is 11.6 Å². The van der Waals surface area contributed by atoms with Crippen LogP contribution in [-0.4, -0.2) is 16.6 Å². The van der Waals surface area contributed by atoms with E-state index in [1.165, 1.54) is 0 Å². The molecular weight excluding hydrogens is 212 g/mol. The lowest BCUT2D eigenvalue weighted by molar-refractivity contribution is 0.108. The summed E-state index contributed by atoms with van der Waals surface area (Å²) in [5.41, 5.74) is 2.05. The van der Waals surface area contributed by atoms with Crippen molar-refractivity contribution in [2.45, 2.75) is 39.2 Å². The molecule has 0 radical (unpaired) electrons. The minimum absolute atomic E-state index is 0.558. The summed E-state index contributed by atoms with van der Waals surface area (Å²) in [5.74, 6) is 0.877. The van der Waals surface area contributed by atoms with Crippen molar-refractivity contribution in [3.63, 3.8) is 0 Å². The largest absolute Gasteiger partial charge is 0.376 e. The zero-order chi connectivity index (χ0) is 10.7. The molecule has 0 spiro atoms. The summed E-state index contributed by atoms with van der Waals surface area (Å²) in [6.07, 6.45) is 4.05. The highest BCUT2D eigenvalue weighted by Gasteiger charge is 2.16. The Balaban J connectivity index is 2.24. The smallest absolute Gasteiger partial charge is 0.138 e. The topological polar surface area (TPSA) is 35.0 Å². The summed E-state index contributed by atoms with van der Waals surface area (Å²) >= 11 is 6.10. The lowest BCUT2D eigenvalue weighted by atomic mass is 10.1. The lowest BCUT2D eigenvalue weighted by Crippen LogP contribution is -2.15. The van der Waals surface area contributed by atoms with Crippen LogP contribution in [0.2, 0.25) is 5.15 Å². The number of nitrogens with zero attached hydrogens (tertiary/aromatic N) is 2. The predicted octanol–water partition coefficient (Wildman–Crippen LogP) is 2.55. The van der Waals surface area contributed by atoms with Crippen molar-refractivity contribution >= 4 is 11.6 Å². The van der Waals surface area contributed by atoms with Crippen molar-refractivity contribution in [2.75, 3.05) is 6.61 Å². The third-order valence-electron chi connectivity index (χ3n) is 2.57. The average molecular weight is 227 g/mol. The first-order valence-electron chi connectivity index (χ1n) is 5.43. The third kappa shape index (κ3) is 2.47. The maximum Gasteiger partial charge on any atom is 0.138 e. The van der Waals surface area contributed by atoms with E-state index >= 15 is 0 Å². The van der Waals surface area contributed by atoms with Crippen LogP contribution in [0.25, 0.3) is 0 Å². The van der Waals surface area contributed by atoms with E-state index in [2.05, 4.69) is 16.9 Å². The first-order chi connectivity index (χ1) is 7.31. The standard InChI is InChI=1S/C11H15ClN2O/c1-2-3-4-10-13-9-5-6-15-7-8(9)11(12)14-10/h2-7H2,1H3. The van der Waals surface area contributed by atoms with E-state index in [9.17, 15) is 0 Å². The van der Waals surface area contributed by atoms with Gasteiger partial charge in [-0.2, -0.15) is 0 Å². The Morgan fingerprint density at radius 3 is 3.07 bits per heavy atom. The second kappa shape index (κ2) is 4.90. The third-order valence-corrected chi connectivity index (χ3v) is 2.88. The first-order valence-corrected chi connectivity index (χ1v) is 5.81. The van der Waals surface area contributed by atoms with Crippen LogP contribution in [0.1, 0.15) is 36.8 Å². The number of rotatable bonds is 3. The summed E-state index contributed by atoms with van der Waals surface area (Å²) in [7, 11) is 0. The monoisotopic (exact) mass is 226 g/mol. The van der Waals surface area contributed by atoms with Gasteiger partial charge in [-0.15, -0.1) is 0 Å². The van der Waals surface area contributed by atoms with Gasteiger partial charge in [0.2, 0.25) is 0 Å². The molecule has 2 heterocycles. The Labute approximate surface area is 94.8 Å². The SMILES string of the molecule is CCCCc1nc(Cl)c2c(n1)CCOC2. The summed E-state index contributed by atoms with van der Waals surface area (Å²) in [6, 6.07) is 0. The normalized spacial score (nSPS) is 15.1. The second-order valence-electron chi connectivity index (χ2n) is 3.76. The Kier molecular flexibility index (Phi) is 3.54. The van der Waals surface area contributed by atoms with Crippen LogP contribution in [0, 0.1) is 0 Å². The summed E-state index contributed by atoms with van der Waals surface area (Å²) < 4.78 is 5.33. The van der Waals surface area contributed by atoms with Crippen molar-refractivity contribution in [2.24, 2.45) is 0 Å². The van der Waals surface area contributed by atoms with Crippen LogP contribution in [0.5, 0.6) is 0 Å². The van der Waals surface area contributed by atoms with Crippen molar-refractivity contribution < 1.29 is 4.74 Å². The quantitative estimate of drug-likeness (QED) is 0.743. The molecule has 15 heavy (non-hydrogen) atoms. The van der Waals surface area contributed by atoms with Crippen molar-refractivity contribution in [1.29, 1.82) is 0 Å². The number of halogens is 1. The maximum absolute atomic E-state index is 6.10. The van der Waals surface area contributed by atoms with Crippen LogP contribution in [-0.2, 0) is 24.2 Å². The van der Waals surface area contributed by atoms with E-state index in [-0.39, 0.29) is 0 Å². The van der Waals surface area contributed by atoms with Crippen molar-refractivity contribution in [3.8, 4) is 0 Å². The fraction of sp³-hybridized carbons (Fsp3) is 0.636. The highest BCUT2D eigenvalue weighted by atomic mass is 35.5. The van der Waals surface area contributed by atoms with Crippen LogP contribution in [0.4, 0.5) is 0 Å². The number of ether oxygens (including phenoxy) is 1. The molecule has 0 atom stereocenters. The van der Waals surface area contributed by atoms with Gasteiger partial charge in [0.1, 0.15) is 11.0 Å². The molecule has 1 aliphatic rings. The molecule has 1 aromatic heterocycles. The molecule has 82 valence electrons. The van der Waals surface area contributed by atoms with E-state index in [0.29, 0.717) is 11.8 Å². The van der Waals surface area contributed by atoms with E-state index in [0.717, 1.165) is 49.4 Å². The second-order valence-corrected chi connectivity index (χ2v) is 4.12. The molecule has 0 aliphatic carbocycles. The number of fused-ring (bicyclic) bond motifs is 1. The summed E-state index contributed by atoms with van der Waals surface area (Å²) in [6.45, 7) is 3.46.